The molecule has 0 aliphatic heterocycles. The van der Waals surface area contributed by atoms with Gasteiger partial charge in [0.15, 0.2) is 0 Å². The molecular formula is C39H36N2O2. The molecule has 0 radical (unpaired) electrons. The number of allylic oxidation sites excluding steroid dienone is 15. The summed E-state index contributed by atoms with van der Waals surface area (Å²) in [5.74, 6) is -0.0501. The van der Waals surface area contributed by atoms with Crippen LogP contribution in [0.5, 0.6) is 0 Å². The summed E-state index contributed by atoms with van der Waals surface area (Å²) >= 11 is 0. The molecule has 0 bridgehead atoms. The highest BCUT2D eigenvalue weighted by Gasteiger charge is 2.19. The van der Waals surface area contributed by atoms with Crippen molar-refractivity contribution in [3.8, 4) is 0 Å². The minimum Gasteiger partial charge on any atom is -0.469 e. The van der Waals surface area contributed by atoms with E-state index in [0.717, 1.165) is 61.7 Å². The molecule has 43 heavy (non-hydrogen) atoms. The van der Waals surface area contributed by atoms with E-state index < -0.39 is 0 Å². The van der Waals surface area contributed by atoms with Crippen molar-refractivity contribution in [1.82, 2.24) is 0 Å². The molecule has 0 heterocycles. The van der Waals surface area contributed by atoms with Gasteiger partial charge in [-0.1, -0.05) is 80.5 Å². The van der Waals surface area contributed by atoms with E-state index in [2.05, 4.69) is 65.8 Å². The van der Waals surface area contributed by atoms with Crippen LogP contribution in [-0.4, -0.2) is 25.8 Å². The fraction of sp³-hybridized carbons (Fsp3) is 0.154. The van der Waals surface area contributed by atoms with Crippen molar-refractivity contribution in [2.75, 3.05) is 19.5 Å². The molecule has 0 amide bonds. The second kappa shape index (κ2) is 14.5. The molecule has 3 aliphatic carbocycles. The van der Waals surface area contributed by atoms with Gasteiger partial charge >= 0.3 is 5.97 Å². The summed E-state index contributed by atoms with van der Waals surface area (Å²) in [7, 11) is 3.17. The number of benzene rings is 1. The van der Waals surface area contributed by atoms with Crippen LogP contribution >= 0.6 is 0 Å². The Labute approximate surface area is 255 Å². The summed E-state index contributed by atoms with van der Waals surface area (Å²) in [6, 6.07) is 7.63. The van der Waals surface area contributed by atoms with Gasteiger partial charge in [0.25, 0.3) is 0 Å². The molecule has 0 aromatic heterocycles. The molecule has 4 heteroatoms. The lowest BCUT2D eigenvalue weighted by atomic mass is 9.87. The maximum atomic E-state index is 11.6. The molecule has 1 aromatic carbocycles. The number of nitrogens with zero attached hydrogens (tertiary/aromatic N) is 1. The number of carbonyl (C=O) groups is 1. The number of ether oxygens (including phenoxy) is 1. The summed E-state index contributed by atoms with van der Waals surface area (Å²) in [6.07, 6.45) is 24.3. The first-order chi connectivity index (χ1) is 20.8. The fourth-order valence-corrected chi connectivity index (χ4v) is 4.60. The van der Waals surface area contributed by atoms with Crippen molar-refractivity contribution in [2.24, 2.45) is 10.9 Å². The molecule has 0 saturated carbocycles. The monoisotopic (exact) mass is 564 g/mol. The normalized spacial score (nSPS) is 19.3. The first-order valence-electron chi connectivity index (χ1n) is 14.1. The summed E-state index contributed by atoms with van der Waals surface area (Å²) in [6.45, 7) is 13.0. The summed E-state index contributed by atoms with van der Waals surface area (Å²) in [4.78, 5) is 16.1. The Morgan fingerprint density at radius 3 is 2.63 bits per heavy atom. The van der Waals surface area contributed by atoms with Gasteiger partial charge in [-0.25, -0.2) is 0 Å². The van der Waals surface area contributed by atoms with Gasteiger partial charge in [-0.3, -0.25) is 9.79 Å². The standard InChI is InChI=1S/C39H36N2O2/c1-27-11-9-14-32(20-17-27)38(40-5)24-23-36(35-15-10-12-28(35)2)30(4)33-13-7-8-16-37(29(3)25-33)41-34-21-18-31(19-22-34)26-39(42)43-6/h7-15,17-19,21-22,24-25,28,41H,3-4,26H2,1-2,5-6H3/b13-7-,33-25+,40-38+. The van der Waals surface area contributed by atoms with Crippen LogP contribution < -0.4 is 5.32 Å². The Morgan fingerprint density at radius 2 is 1.93 bits per heavy atom. The Hall–Kier alpha value is -5.36. The van der Waals surface area contributed by atoms with Crippen molar-refractivity contribution in [3.63, 3.8) is 0 Å². The molecule has 1 N–H and O–H groups in total. The number of nitrogens with one attached hydrogen (secondary N) is 1. The fourth-order valence-electron chi connectivity index (χ4n) is 4.60. The van der Waals surface area contributed by atoms with Gasteiger partial charge < -0.3 is 10.1 Å². The summed E-state index contributed by atoms with van der Waals surface area (Å²) < 4.78 is 4.76. The van der Waals surface area contributed by atoms with E-state index >= 15 is 0 Å². The number of hydrogen-bond donors (Lipinski definition) is 1. The third kappa shape index (κ3) is 8.11. The minimum absolute atomic E-state index is 0.221. The zero-order valence-electron chi connectivity index (χ0n) is 25.2. The zero-order chi connectivity index (χ0) is 30.8. The average Bonchev–Trinajstić information content (AvgIpc) is 3.30. The minimum atomic E-state index is -0.271. The molecule has 1 atom stereocenters. The lowest BCUT2D eigenvalue weighted by Crippen LogP contribution is -2.05. The van der Waals surface area contributed by atoms with Crippen LogP contribution in [0.4, 0.5) is 5.69 Å². The average molecular weight is 565 g/mol. The molecule has 0 saturated heterocycles. The second-order valence-corrected chi connectivity index (χ2v) is 10.3. The van der Waals surface area contributed by atoms with Crippen LogP contribution in [0, 0.1) is 5.92 Å². The van der Waals surface area contributed by atoms with Gasteiger partial charge in [0, 0.05) is 35.9 Å². The van der Waals surface area contributed by atoms with E-state index in [1.165, 1.54) is 7.11 Å². The molecular weight excluding hydrogens is 528 g/mol. The Morgan fingerprint density at radius 1 is 1.14 bits per heavy atom. The van der Waals surface area contributed by atoms with Crippen LogP contribution in [-0.2, 0) is 16.0 Å². The van der Waals surface area contributed by atoms with Crippen LogP contribution in [0.15, 0.2) is 177 Å². The highest BCUT2D eigenvalue weighted by Crippen LogP contribution is 2.34. The van der Waals surface area contributed by atoms with E-state index in [-0.39, 0.29) is 18.3 Å². The highest BCUT2D eigenvalue weighted by molar-refractivity contribution is 6.10. The van der Waals surface area contributed by atoms with Gasteiger partial charge in [-0.15, -0.1) is 11.5 Å². The molecule has 4 rings (SSSR count). The van der Waals surface area contributed by atoms with Gasteiger partial charge in [-0.2, -0.15) is 0 Å². The topological polar surface area (TPSA) is 50.7 Å². The molecule has 0 spiro atoms. The molecule has 0 fully saturated rings. The highest BCUT2D eigenvalue weighted by atomic mass is 16.5. The molecule has 1 aromatic rings. The van der Waals surface area contributed by atoms with Crippen molar-refractivity contribution in [1.29, 1.82) is 0 Å². The summed E-state index contributed by atoms with van der Waals surface area (Å²) in [5, 5.41) is 3.40. The summed E-state index contributed by atoms with van der Waals surface area (Å²) in [5.41, 5.74) is 19.9. The van der Waals surface area contributed by atoms with Crippen LogP contribution in [0.1, 0.15) is 19.4 Å². The van der Waals surface area contributed by atoms with E-state index in [0.29, 0.717) is 0 Å². The smallest absolute Gasteiger partial charge is 0.309 e. The predicted molar refractivity (Wildman–Crippen MR) is 179 cm³/mol. The molecule has 4 nitrogen and oxygen atoms in total. The van der Waals surface area contributed by atoms with E-state index in [1.54, 1.807) is 7.05 Å². The lowest BCUT2D eigenvalue weighted by Gasteiger charge is -2.17. The van der Waals surface area contributed by atoms with E-state index in [9.17, 15) is 4.79 Å². The lowest BCUT2D eigenvalue weighted by molar-refractivity contribution is -0.139. The van der Waals surface area contributed by atoms with Gasteiger partial charge in [0.05, 0.1) is 24.9 Å². The number of anilines is 1. The van der Waals surface area contributed by atoms with Crippen molar-refractivity contribution in [2.45, 2.75) is 20.3 Å². The molecule has 3 aliphatic rings. The van der Waals surface area contributed by atoms with Crippen molar-refractivity contribution in [3.05, 3.63) is 178 Å². The first kappa shape index (κ1) is 30.6. The van der Waals surface area contributed by atoms with Crippen LogP contribution in [0.25, 0.3) is 0 Å². The Balaban J connectivity index is 1.63. The zero-order valence-corrected chi connectivity index (χ0v) is 25.2. The van der Waals surface area contributed by atoms with Gasteiger partial charge in [0.2, 0.25) is 0 Å². The van der Waals surface area contributed by atoms with Crippen LogP contribution in [0.2, 0.25) is 0 Å². The maximum absolute atomic E-state index is 11.6. The molecule has 1 unspecified atom stereocenters. The SMILES string of the molecule is C=C1/C=C(C(=C)C(=C=C/C(=N\C)C2=C=CC(C)=CC=C2)C2=CC=CC2C)\C=C/C=C=C1Nc1ccc(CC(=O)OC)cc1. The van der Waals surface area contributed by atoms with E-state index in [4.69, 9.17) is 4.74 Å². The first-order valence-corrected chi connectivity index (χ1v) is 14.1. The van der Waals surface area contributed by atoms with Crippen LogP contribution in [0.3, 0.4) is 0 Å². The predicted octanol–water partition coefficient (Wildman–Crippen LogP) is 8.34. The number of esters is 1. The number of hydrogen-bond acceptors (Lipinski definition) is 4. The number of methoxy groups -OCH3 is 1. The van der Waals surface area contributed by atoms with Crippen molar-refractivity contribution < 1.29 is 9.53 Å². The number of aliphatic imine (C=N–C) groups is 1. The van der Waals surface area contributed by atoms with Gasteiger partial charge in [-0.05, 0) is 76.8 Å². The Bertz CT molecular complexity index is 1760. The third-order valence-corrected chi connectivity index (χ3v) is 7.10. The Kier molecular flexibility index (Phi) is 10.3. The van der Waals surface area contributed by atoms with Gasteiger partial charge in [0.1, 0.15) is 0 Å². The molecule has 214 valence electrons. The largest absolute Gasteiger partial charge is 0.469 e. The number of carbonyl (C=O) groups excluding carboxylic acids is 1. The quantitative estimate of drug-likeness (QED) is 0.142. The van der Waals surface area contributed by atoms with Crippen molar-refractivity contribution >= 4 is 17.4 Å². The van der Waals surface area contributed by atoms with E-state index in [1.807, 2.05) is 85.9 Å². The second-order valence-electron chi connectivity index (χ2n) is 10.3. The maximum Gasteiger partial charge on any atom is 0.309 e. The third-order valence-electron chi connectivity index (χ3n) is 7.10. The number of rotatable bonds is 9.